The van der Waals surface area contributed by atoms with Crippen molar-refractivity contribution in [1.82, 2.24) is 14.8 Å². The molecule has 0 N–H and O–H groups in total. The van der Waals surface area contributed by atoms with E-state index in [1.54, 1.807) is 0 Å². The molecule has 0 fully saturated rings. The molecule has 0 aliphatic rings. The Hall–Kier alpha value is -0.820. The van der Waals surface area contributed by atoms with Crippen LogP contribution in [0.4, 0.5) is 8.78 Å². The third kappa shape index (κ3) is 2.30. The zero-order chi connectivity index (χ0) is 11.7. The third-order valence-electron chi connectivity index (χ3n) is 1.97. The molecule has 7 heteroatoms. The Kier molecular flexibility index (Phi) is 3.34. The van der Waals surface area contributed by atoms with Gasteiger partial charge in [-0.1, -0.05) is 6.07 Å². The highest BCUT2D eigenvalue weighted by atomic mass is 79.9. The van der Waals surface area contributed by atoms with Gasteiger partial charge in [-0.2, -0.15) is 4.98 Å². The van der Waals surface area contributed by atoms with Crippen molar-refractivity contribution >= 4 is 31.9 Å². The summed E-state index contributed by atoms with van der Waals surface area (Å²) in [6.45, 7) is -0.0162. The molecule has 84 valence electrons. The van der Waals surface area contributed by atoms with Gasteiger partial charge in [0.05, 0.1) is 6.54 Å². The average molecular weight is 353 g/mol. The number of aromatic nitrogens is 3. The fraction of sp³-hybridized carbons (Fsp3) is 0.111. The quantitative estimate of drug-likeness (QED) is 0.831. The van der Waals surface area contributed by atoms with Crippen LogP contribution >= 0.6 is 31.9 Å². The second-order valence-electron chi connectivity index (χ2n) is 3.01. The highest BCUT2D eigenvalue weighted by Crippen LogP contribution is 2.17. The summed E-state index contributed by atoms with van der Waals surface area (Å²) in [5.41, 5.74) is -0.0411. The summed E-state index contributed by atoms with van der Waals surface area (Å²) in [5.74, 6) is -1.20. The molecule has 3 nitrogen and oxygen atoms in total. The van der Waals surface area contributed by atoms with Crippen LogP contribution in [0.3, 0.4) is 0 Å². The van der Waals surface area contributed by atoms with Crippen molar-refractivity contribution in [3.63, 3.8) is 0 Å². The molecule has 2 rings (SSSR count). The van der Waals surface area contributed by atoms with E-state index < -0.39 is 11.6 Å². The molecule has 0 saturated carbocycles. The van der Waals surface area contributed by atoms with Crippen LogP contribution in [-0.2, 0) is 6.54 Å². The summed E-state index contributed by atoms with van der Waals surface area (Å²) in [6, 6.07) is 3.73. The smallest absolute Gasteiger partial charge is 0.218 e. The zero-order valence-electron chi connectivity index (χ0n) is 7.79. The second-order valence-corrected chi connectivity index (χ2v) is 4.43. The van der Waals surface area contributed by atoms with Crippen molar-refractivity contribution in [2.24, 2.45) is 0 Å². The molecule has 2 aromatic rings. The van der Waals surface area contributed by atoms with Gasteiger partial charge in [0.15, 0.2) is 4.73 Å². The third-order valence-corrected chi connectivity index (χ3v) is 2.89. The highest BCUT2D eigenvalue weighted by molar-refractivity contribution is 9.11. The van der Waals surface area contributed by atoms with Gasteiger partial charge >= 0.3 is 0 Å². The van der Waals surface area contributed by atoms with Crippen LogP contribution in [0.1, 0.15) is 5.56 Å². The van der Waals surface area contributed by atoms with Crippen LogP contribution in [0, 0.1) is 11.6 Å². The SMILES string of the molecule is Fc1cccc(F)c1Cn1nc(Br)nc1Br. The standard InChI is InChI=1S/C9H5Br2F2N3/c10-8-14-9(11)16(15-8)4-5-6(12)2-1-3-7(5)13/h1-3H,4H2. The summed E-state index contributed by atoms with van der Waals surface area (Å²) in [7, 11) is 0. The summed E-state index contributed by atoms with van der Waals surface area (Å²) in [6.07, 6.45) is 0. The molecule has 0 saturated heterocycles. The second kappa shape index (κ2) is 4.58. The van der Waals surface area contributed by atoms with Crippen LogP contribution in [0.15, 0.2) is 27.7 Å². The van der Waals surface area contributed by atoms with E-state index in [1.807, 2.05) is 0 Å². The average Bonchev–Trinajstić information content (AvgIpc) is 2.51. The van der Waals surface area contributed by atoms with Gasteiger partial charge in [0.2, 0.25) is 4.73 Å². The molecule has 1 aromatic carbocycles. The number of halogens is 4. The van der Waals surface area contributed by atoms with Crippen molar-refractivity contribution in [3.8, 4) is 0 Å². The van der Waals surface area contributed by atoms with Gasteiger partial charge < -0.3 is 0 Å². The maximum Gasteiger partial charge on any atom is 0.218 e. The molecular formula is C9H5Br2F2N3. The van der Waals surface area contributed by atoms with E-state index in [9.17, 15) is 8.78 Å². The fourth-order valence-electron chi connectivity index (χ4n) is 1.23. The number of hydrogen-bond acceptors (Lipinski definition) is 2. The Balaban J connectivity index is 2.37. The molecule has 0 spiro atoms. The molecular weight excluding hydrogens is 348 g/mol. The van der Waals surface area contributed by atoms with E-state index in [2.05, 4.69) is 41.9 Å². The maximum absolute atomic E-state index is 13.3. The summed E-state index contributed by atoms with van der Waals surface area (Å²) in [4.78, 5) is 3.91. The van der Waals surface area contributed by atoms with Crippen molar-refractivity contribution in [3.05, 3.63) is 44.9 Å². The van der Waals surface area contributed by atoms with E-state index in [1.165, 1.54) is 22.9 Å². The lowest BCUT2D eigenvalue weighted by atomic mass is 10.2. The van der Waals surface area contributed by atoms with Crippen LogP contribution in [0.2, 0.25) is 0 Å². The molecule has 0 radical (unpaired) electrons. The summed E-state index contributed by atoms with van der Waals surface area (Å²) >= 11 is 6.21. The molecule has 0 atom stereocenters. The lowest BCUT2D eigenvalue weighted by Crippen LogP contribution is -2.06. The lowest BCUT2D eigenvalue weighted by Gasteiger charge is -2.05. The highest BCUT2D eigenvalue weighted by Gasteiger charge is 2.12. The van der Waals surface area contributed by atoms with Crippen molar-refractivity contribution in [2.75, 3.05) is 0 Å². The molecule has 16 heavy (non-hydrogen) atoms. The van der Waals surface area contributed by atoms with Crippen molar-refractivity contribution in [1.29, 1.82) is 0 Å². The van der Waals surface area contributed by atoms with E-state index in [0.29, 0.717) is 9.47 Å². The van der Waals surface area contributed by atoms with Gasteiger partial charge in [-0.25, -0.2) is 13.5 Å². The molecule has 0 aliphatic carbocycles. The Bertz CT molecular complexity index is 507. The summed E-state index contributed by atoms with van der Waals surface area (Å²) < 4.78 is 28.8. The van der Waals surface area contributed by atoms with Crippen LogP contribution in [-0.4, -0.2) is 14.8 Å². The van der Waals surface area contributed by atoms with Crippen molar-refractivity contribution < 1.29 is 8.78 Å². The number of hydrogen-bond donors (Lipinski definition) is 0. The maximum atomic E-state index is 13.3. The van der Waals surface area contributed by atoms with E-state index in [4.69, 9.17) is 0 Å². The Morgan fingerprint density at radius 3 is 2.31 bits per heavy atom. The Morgan fingerprint density at radius 1 is 1.19 bits per heavy atom. The fourth-order valence-corrected chi connectivity index (χ4v) is 2.20. The molecule has 0 aliphatic heterocycles. The van der Waals surface area contributed by atoms with Crippen molar-refractivity contribution in [2.45, 2.75) is 6.54 Å². The predicted molar refractivity (Wildman–Crippen MR) is 60.9 cm³/mol. The monoisotopic (exact) mass is 351 g/mol. The number of nitrogens with zero attached hydrogens (tertiary/aromatic N) is 3. The van der Waals surface area contributed by atoms with Gasteiger partial charge in [0.25, 0.3) is 0 Å². The van der Waals surface area contributed by atoms with Gasteiger partial charge in [-0.15, -0.1) is 5.10 Å². The zero-order valence-corrected chi connectivity index (χ0v) is 11.0. The number of benzene rings is 1. The number of rotatable bonds is 2. The van der Waals surface area contributed by atoms with E-state index >= 15 is 0 Å². The van der Waals surface area contributed by atoms with Gasteiger partial charge in [0.1, 0.15) is 11.6 Å². The normalized spacial score (nSPS) is 10.8. The van der Waals surface area contributed by atoms with Gasteiger partial charge in [-0.3, -0.25) is 0 Å². The van der Waals surface area contributed by atoms with E-state index in [0.717, 1.165) is 0 Å². The first kappa shape index (κ1) is 11.7. The minimum absolute atomic E-state index is 0.0162. The minimum Gasteiger partial charge on any atom is -0.234 e. The first-order valence-corrected chi connectivity index (χ1v) is 5.85. The first-order valence-electron chi connectivity index (χ1n) is 4.26. The summed E-state index contributed by atoms with van der Waals surface area (Å²) in [5, 5.41) is 3.93. The Labute approximate surface area is 107 Å². The largest absolute Gasteiger partial charge is 0.234 e. The van der Waals surface area contributed by atoms with Gasteiger partial charge in [-0.05, 0) is 44.0 Å². The minimum atomic E-state index is -0.599. The molecule has 0 amide bonds. The van der Waals surface area contributed by atoms with Gasteiger partial charge in [0, 0.05) is 5.56 Å². The molecule has 1 heterocycles. The lowest BCUT2D eigenvalue weighted by molar-refractivity contribution is 0.529. The molecule has 0 unspecified atom stereocenters. The van der Waals surface area contributed by atoms with E-state index in [-0.39, 0.29) is 12.1 Å². The van der Waals surface area contributed by atoms with Crippen LogP contribution < -0.4 is 0 Å². The van der Waals surface area contributed by atoms with Crippen LogP contribution in [0.25, 0.3) is 0 Å². The Morgan fingerprint density at radius 2 is 1.81 bits per heavy atom. The molecule has 0 bridgehead atoms. The first-order chi connectivity index (χ1) is 7.58. The molecule has 1 aromatic heterocycles. The van der Waals surface area contributed by atoms with Crippen LogP contribution in [0.5, 0.6) is 0 Å². The topological polar surface area (TPSA) is 30.7 Å². The predicted octanol–water partition coefficient (Wildman–Crippen LogP) is 3.13.